The highest BCUT2D eigenvalue weighted by Gasteiger charge is 2.06. The van der Waals surface area contributed by atoms with Gasteiger partial charge in [-0.15, -0.1) is 0 Å². The molecule has 0 fully saturated rings. The van der Waals surface area contributed by atoms with Gasteiger partial charge in [-0.2, -0.15) is 0 Å². The number of hydrogen-bond donors (Lipinski definition) is 1. The molecule has 0 radical (unpaired) electrons. The van der Waals surface area contributed by atoms with Crippen LogP contribution >= 0.6 is 0 Å². The first kappa shape index (κ1) is 15.8. The van der Waals surface area contributed by atoms with E-state index in [2.05, 4.69) is 6.92 Å². The van der Waals surface area contributed by atoms with E-state index in [4.69, 9.17) is 19.9 Å². The highest BCUT2D eigenvalue weighted by Crippen LogP contribution is 2.28. The van der Waals surface area contributed by atoms with Crippen LogP contribution in [0.5, 0.6) is 11.5 Å². The molecule has 0 aliphatic carbocycles. The Morgan fingerprint density at radius 2 is 1.84 bits per heavy atom. The molecule has 1 aromatic carbocycles. The van der Waals surface area contributed by atoms with Gasteiger partial charge in [-0.25, -0.2) is 0 Å². The zero-order chi connectivity index (χ0) is 13.9. The Bertz CT molecular complexity index is 355. The third-order valence-electron chi connectivity index (χ3n) is 2.57. The highest BCUT2D eigenvalue weighted by atomic mass is 16.5. The average molecular weight is 267 g/mol. The monoisotopic (exact) mass is 267 g/mol. The lowest BCUT2D eigenvalue weighted by Gasteiger charge is -2.13. The van der Waals surface area contributed by atoms with E-state index < -0.39 is 0 Å². The van der Waals surface area contributed by atoms with Crippen LogP contribution in [0.3, 0.4) is 0 Å². The second-order valence-electron chi connectivity index (χ2n) is 4.21. The van der Waals surface area contributed by atoms with Gasteiger partial charge in [-0.05, 0) is 44.0 Å². The van der Waals surface area contributed by atoms with Crippen molar-refractivity contribution in [2.45, 2.75) is 26.7 Å². The molecule has 0 saturated heterocycles. The van der Waals surface area contributed by atoms with Crippen molar-refractivity contribution in [1.82, 2.24) is 0 Å². The number of benzene rings is 1. The minimum absolute atomic E-state index is 0.538. The van der Waals surface area contributed by atoms with E-state index in [1.165, 1.54) is 5.56 Å². The Morgan fingerprint density at radius 3 is 2.53 bits per heavy atom. The maximum Gasteiger partial charge on any atom is 0.161 e. The highest BCUT2D eigenvalue weighted by molar-refractivity contribution is 5.43. The predicted molar refractivity (Wildman–Crippen MR) is 77.0 cm³/mol. The number of rotatable bonds is 10. The van der Waals surface area contributed by atoms with Crippen LogP contribution in [0.1, 0.15) is 25.8 Å². The lowest BCUT2D eigenvalue weighted by molar-refractivity contribution is 0.0992. The predicted octanol–water partition coefficient (Wildman–Crippen LogP) is 2.39. The van der Waals surface area contributed by atoms with Crippen LogP contribution in [0.25, 0.3) is 0 Å². The molecule has 0 amide bonds. The van der Waals surface area contributed by atoms with Crippen LogP contribution in [0.4, 0.5) is 0 Å². The Hall–Kier alpha value is -1.26. The van der Waals surface area contributed by atoms with Gasteiger partial charge in [-0.3, -0.25) is 0 Å². The van der Waals surface area contributed by atoms with Gasteiger partial charge in [0.2, 0.25) is 0 Å². The van der Waals surface area contributed by atoms with Crippen molar-refractivity contribution < 1.29 is 14.2 Å². The Balaban J connectivity index is 2.54. The van der Waals surface area contributed by atoms with E-state index in [0.717, 1.165) is 30.9 Å². The van der Waals surface area contributed by atoms with Crippen molar-refractivity contribution in [3.8, 4) is 11.5 Å². The zero-order valence-electron chi connectivity index (χ0n) is 12.0. The smallest absolute Gasteiger partial charge is 0.161 e. The van der Waals surface area contributed by atoms with Gasteiger partial charge in [0.15, 0.2) is 11.5 Å². The first-order chi connectivity index (χ1) is 9.31. The molecule has 0 aliphatic heterocycles. The molecule has 0 aromatic heterocycles. The summed E-state index contributed by atoms with van der Waals surface area (Å²) in [5, 5.41) is 0. The molecule has 0 aliphatic rings. The van der Waals surface area contributed by atoms with Crippen molar-refractivity contribution in [3.05, 3.63) is 23.8 Å². The van der Waals surface area contributed by atoms with Gasteiger partial charge < -0.3 is 19.9 Å². The number of nitrogens with two attached hydrogens (primary N) is 1. The quantitative estimate of drug-likeness (QED) is 0.661. The van der Waals surface area contributed by atoms with Gasteiger partial charge in [0.1, 0.15) is 6.61 Å². The van der Waals surface area contributed by atoms with Crippen LogP contribution in [0, 0.1) is 0 Å². The molecule has 1 rings (SSSR count). The normalized spacial score (nSPS) is 10.5. The van der Waals surface area contributed by atoms with E-state index >= 15 is 0 Å². The molecule has 108 valence electrons. The molecule has 1 aromatic rings. The molecular weight excluding hydrogens is 242 g/mol. The summed E-state index contributed by atoms with van der Waals surface area (Å²) in [4.78, 5) is 0. The lowest BCUT2D eigenvalue weighted by Crippen LogP contribution is -2.09. The topological polar surface area (TPSA) is 53.7 Å². The third-order valence-corrected chi connectivity index (χ3v) is 2.57. The first-order valence-electron chi connectivity index (χ1n) is 6.98. The van der Waals surface area contributed by atoms with E-state index in [1.807, 2.05) is 25.1 Å². The number of ether oxygens (including phenoxy) is 3. The summed E-state index contributed by atoms with van der Waals surface area (Å²) in [6, 6.07) is 5.96. The van der Waals surface area contributed by atoms with Gasteiger partial charge >= 0.3 is 0 Å². The second-order valence-corrected chi connectivity index (χ2v) is 4.21. The fraction of sp³-hybridized carbons (Fsp3) is 0.600. The SMILES string of the molecule is CCCOCCOc1ccc(CCN)cc1OCC. The largest absolute Gasteiger partial charge is 0.490 e. The van der Waals surface area contributed by atoms with Crippen LogP contribution in [0.2, 0.25) is 0 Å². The minimum Gasteiger partial charge on any atom is -0.490 e. The Morgan fingerprint density at radius 1 is 1.00 bits per heavy atom. The van der Waals surface area contributed by atoms with Crippen LogP contribution in [0.15, 0.2) is 18.2 Å². The van der Waals surface area contributed by atoms with E-state index in [9.17, 15) is 0 Å². The standard InChI is InChI=1S/C15H25NO3/c1-3-9-17-10-11-19-14-6-5-13(7-8-16)12-15(14)18-4-2/h5-6,12H,3-4,7-11,16H2,1-2H3. The summed E-state index contributed by atoms with van der Waals surface area (Å²) in [5.74, 6) is 1.55. The van der Waals surface area contributed by atoms with Crippen molar-refractivity contribution in [1.29, 1.82) is 0 Å². The molecule has 0 spiro atoms. The summed E-state index contributed by atoms with van der Waals surface area (Å²) >= 11 is 0. The molecule has 2 N–H and O–H groups in total. The molecule has 0 atom stereocenters. The molecule has 0 saturated carbocycles. The zero-order valence-corrected chi connectivity index (χ0v) is 12.0. The fourth-order valence-electron chi connectivity index (χ4n) is 1.72. The maximum atomic E-state index is 5.69. The van der Waals surface area contributed by atoms with Crippen LogP contribution in [-0.4, -0.2) is 33.0 Å². The molecule has 19 heavy (non-hydrogen) atoms. The second kappa shape index (κ2) is 9.64. The third kappa shape index (κ3) is 5.94. The molecule has 0 heterocycles. The summed E-state index contributed by atoms with van der Waals surface area (Å²) in [7, 11) is 0. The molecule has 4 heteroatoms. The van der Waals surface area contributed by atoms with E-state index in [-0.39, 0.29) is 0 Å². The van der Waals surface area contributed by atoms with E-state index in [0.29, 0.717) is 26.4 Å². The molecular formula is C15H25NO3. The van der Waals surface area contributed by atoms with Gasteiger partial charge in [0, 0.05) is 6.61 Å². The van der Waals surface area contributed by atoms with Gasteiger partial charge in [-0.1, -0.05) is 13.0 Å². The van der Waals surface area contributed by atoms with E-state index in [1.54, 1.807) is 0 Å². The lowest BCUT2D eigenvalue weighted by atomic mass is 10.1. The maximum absolute atomic E-state index is 5.69. The first-order valence-corrected chi connectivity index (χ1v) is 6.98. The average Bonchev–Trinajstić information content (AvgIpc) is 2.41. The molecule has 4 nitrogen and oxygen atoms in total. The van der Waals surface area contributed by atoms with Crippen molar-refractivity contribution >= 4 is 0 Å². The summed E-state index contributed by atoms with van der Waals surface area (Å²) in [5.41, 5.74) is 6.73. The summed E-state index contributed by atoms with van der Waals surface area (Å²) < 4.78 is 16.7. The Kier molecular flexibility index (Phi) is 8.02. The van der Waals surface area contributed by atoms with Crippen molar-refractivity contribution in [3.63, 3.8) is 0 Å². The fourth-order valence-corrected chi connectivity index (χ4v) is 1.72. The molecule has 0 unspecified atom stereocenters. The summed E-state index contributed by atoms with van der Waals surface area (Å²) in [6.45, 7) is 7.22. The minimum atomic E-state index is 0.538. The van der Waals surface area contributed by atoms with Gasteiger partial charge in [0.05, 0.1) is 13.2 Å². The van der Waals surface area contributed by atoms with Gasteiger partial charge in [0.25, 0.3) is 0 Å². The van der Waals surface area contributed by atoms with Crippen LogP contribution < -0.4 is 15.2 Å². The van der Waals surface area contributed by atoms with Crippen molar-refractivity contribution in [2.75, 3.05) is 33.0 Å². The van der Waals surface area contributed by atoms with Crippen LogP contribution in [-0.2, 0) is 11.2 Å². The molecule has 0 bridgehead atoms. The number of hydrogen-bond acceptors (Lipinski definition) is 4. The summed E-state index contributed by atoms with van der Waals surface area (Å²) in [6.07, 6.45) is 1.87. The Labute approximate surface area is 115 Å². The van der Waals surface area contributed by atoms with Crippen molar-refractivity contribution in [2.24, 2.45) is 5.73 Å².